The minimum Gasteiger partial charge on any atom is -0.464 e. The van der Waals surface area contributed by atoms with Crippen LogP contribution in [0.4, 0.5) is 11.5 Å². The Morgan fingerprint density at radius 1 is 1.63 bits per heavy atom. The van der Waals surface area contributed by atoms with Crippen molar-refractivity contribution in [2.24, 2.45) is 0 Å². The average Bonchev–Trinajstić information content (AvgIpc) is 2.43. The van der Waals surface area contributed by atoms with Crippen LogP contribution in [0.5, 0.6) is 0 Å². The monoisotopic (exact) mass is 271 g/mol. The van der Waals surface area contributed by atoms with Crippen LogP contribution in [0, 0.1) is 10.1 Å². The van der Waals surface area contributed by atoms with Crippen LogP contribution in [0.3, 0.4) is 0 Å². The summed E-state index contributed by atoms with van der Waals surface area (Å²) >= 11 is 0. The molecule has 3 N–H and O–H groups in total. The van der Waals surface area contributed by atoms with Crippen molar-refractivity contribution in [1.82, 2.24) is 4.98 Å². The highest BCUT2D eigenvalue weighted by Gasteiger charge is 2.19. The third-order valence-corrected chi connectivity index (χ3v) is 2.18. The van der Waals surface area contributed by atoms with Gasteiger partial charge in [-0.25, -0.2) is 9.78 Å². The summed E-state index contributed by atoms with van der Waals surface area (Å²) < 4.78 is 4.45. The Labute approximate surface area is 108 Å². The number of aliphatic hydroxyl groups is 2. The van der Waals surface area contributed by atoms with E-state index in [0.717, 1.165) is 19.2 Å². The lowest BCUT2D eigenvalue weighted by molar-refractivity contribution is -0.384. The lowest BCUT2D eigenvalue weighted by Gasteiger charge is -2.10. The number of methoxy groups -OCH3 is 1. The van der Waals surface area contributed by atoms with Gasteiger partial charge in [-0.1, -0.05) is 0 Å². The molecule has 0 radical (unpaired) electrons. The number of rotatable bonds is 6. The molecule has 0 saturated heterocycles. The van der Waals surface area contributed by atoms with Gasteiger partial charge >= 0.3 is 11.7 Å². The summed E-state index contributed by atoms with van der Waals surface area (Å²) in [7, 11) is 1.16. The molecule has 1 aromatic rings. The van der Waals surface area contributed by atoms with Crippen LogP contribution in [0.25, 0.3) is 0 Å². The molecule has 1 aromatic heterocycles. The number of esters is 1. The van der Waals surface area contributed by atoms with E-state index in [-0.39, 0.29) is 23.7 Å². The first-order valence-corrected chi connectivity index (χ1v) is 5.26. The number of nitrogens with one attached hydrogen (secondary N) is 1. The van der Waals surface area contributed by atoms with Gasteiger partial charge in [-0.05, 0) is 6.07 Å². The zero-order valence-corrected chi connectivity index (χ0v) is 10.1. The number of pyridine rings is 1. The quantitative estimate of drug-likeness (QED) is 0.359. The minimum atomic E-state index is -1.09. The topological polar surface area (TPSA) is 135 Å². The fourth-order valence-electron chi connectivity index (χ4n) is 1.23. The number of hydrogen-bond donors (Lipinski definition) is 3. The van der Waals surface area contributed by atoms with Gasteiger partial charge in [0.25, 0.3) is 0 Å². The van der Waals surface area contributed by atoms with E-state index in [0.29, 0.717) is 0 Å². The molecule has 1 heterocycles. The van der Waals surface area contributed by atoms with Gasteiger partial charge in [0.2, 0.25) is 5.82 Å². The van der Waals surface area contributed by atoms with E-state index in [1.807, 2.05) is 0 Å². The molecule has 1 atom stereocenters. The summed E-state index contributed by atoms with van der Waals surface area (Å²) in [6.45, 7) is -0.646. The molecule has 1 unspecified atom stereocenters. The van der Waals surface area contributed by atoms with Crippen LogP contribution in [0.15, 0.2) is 12.1 Å². The molecule has 0 bridgehead atoms. The molecular weight excluding hydrogens is 258 g/mol. The lowest BCUT2D eigenvalue weighted by Crippen LogP contribution is -2.24. The van der Waals surface area contributed by atoms with E-state index in [1.54, 1.807) is 0 Å². The highest BCUT2D eigenvalue weighted by Crippen LogP contribution is 2.22. The van der Waals surface area contributed by atoms with Crippen molar-refractivity contribution in [3.8, 4) is 0 Å². The molecule has 9 heteroatoms. The smallest absolute Gasteiger partial charge is 0.356 e. The molecule has 0 fully saturated rings. The summed E-state index contributed by atoms with van der Waals surface area (Å²) in [5.41, 5.74) is -0.452. The largest absolute Gasteiger partial charge is 0.464 e. The van der Waals surface area contributed by atoms with E-state index < -0.39 is 23.6 Å². The van der Waals surface area contributed by atoms with Crippen LogP contribution >= 0.6 is 0 Å². The van der Waals surface area contributed by atoms with Crippen molar-refractivity contribution in [1.29, 1.82) is 0 Å². The van der Waals surface area contributed by atoms with Gasteiger partial charge in [-0.15, -0.1) is 0 Å². The Morgan fingerprint density at radius 3 is 2.84 bits per heavy atom. The Kier molecular flexibility index (Phi) is 5.15. The predicted octanol–water partition coefficient (Wildman–Crippen LogP) is -0.459. The molecule has 0 saturated carbocycles. The third kappa shape index (κ3) is 3.86. The van der Waals surface area contributed by atoms with Gasteiger partial charge in [0.05, 0.1) is 24.7 Å². The van der Waals surface area contributed by atoms with Crippen molar-refractivity contribution in [3.05, 3.63) is 27.9 Å². The molecule has 104 valence electrons. The molecule has 19 heavy (non-hydrogen) atoms. The van der Waals surface area contributed by atoms with Crippen LogP contribution in [0.1, 0.15) is 10.5 Å². The maximum atomic E-state index is 11.3. The normalized spacial score (nSPS) is 11.7. The summed E-state index contributed by atoms with van der Waals surface area (Å²) in [4.78, 5) is 25.1. The second-order valence-electron chi connectivity index (χ2n) is 3.53. The number of anilines is 1. The number of ether oxygens (including phenoxy) is 1. The van der Waals surface area contributed by atoms with Gasteiger partial charge in [0, 0.05) is 12.6 Å². The number of hydrogen-bond acceptors (Lipinski definition) is 8. The van der Waals surface area contributed by atoms with Crippen molar-refractivity contribution in [2.45, 2.75) is 6.10 Å². The van der Waals surface area contributed by atoms with E-state index in [9.17, 15) is 20.0 Å². The summed E-state index contributed by atoms with van der Waals surface area (Å²) in [5.74, 6) is -0.916. The molecule has 9 nitrogen and oxygen atoms in total. The number of nitrogens with zero attached hydrogens (tertiary/aromatic N) is 2. The Balaban J connectivity index is 3.01. The molecule has 0 aliphatic rings. The maximum absolute atomic E-state index is 11.3. The Hall–Kier alpha value is -2.26. The van der Waals surface area contributed by atoms with E-state index in [2.05, 4.69) is 15.0 Å². The number of nitro groups is 1. The SMILES string of the molecule is COC(=O)c1ccc([N+](=O)[O-])c(NCC(O)CO)n1. The molecule has 0 aliphatic carbocycles. The Morgan fingerprint density at radius 2 is 2.32 bits per heavy atom. The van der Waals surface area contributed by atoms with Crippen LogP contribution in [0.2, 0.25) is 0 Å². The second-order valence-corrected chi connectivity index (χ2v) is 3.53. The van der Waals surface area contributed by atoms with E-state index in [4.69, 9.17) is 5.11 Å². The van der Waals surface area contributed by atoms with Crippen LogP contribution in [-0.2, 0) is 4.74 Å². The molecule has 0 amide bonds. The number of carbonyl (C=O) groups excluding carboxylic acids is 1. The highest BCUT2D eigenvalue weighted by molar-refractivity contribution is 5.88. The molecular formula is C10H13N3O6. The van der Waals surface area contributed by atoms with Gasteiger partial charge < -0.3 is 20.3 Å². The first-order chi connectivity index (χ1) is 8.99. The van der Waals surface area contributed by atoms with E-state index in [1.165, 1.54) is 0 Å². The van der Waals surface area contributed by atoms with Gasteiger partial charge in [-0.2, -0.15) is 0 Å². The summed E-state index contributed by atoms with van der Waals surface area (Å²) in [6, 6.07) is 2.27. The minimum absolute atomic E-state index is 0.103. The lowest BCUT2D eigenvalue weighted by atomic mass is 10.3. The van der Waals surface area contributed by atoms with Crippen molar-refractivity contribution >= 4 is 17.5 Å². The third-order valence-electron chi connectivity index (χ3n) is 2.18. The predicted molar refractivity (Wildman–Crippen MR) is 63.8 cm³/mol. The molecule has 0 aromatic carbocycles. The van der Waals surface area contributed by atoms with Crippen molar-refractivity contribution in [2.75, 3.05) is 25.6 Å². The first kappa shape index (κ1) is 14.8. The summed E-state index contributed by atoms with van der Waals surface area (Å²) in [6.07, 6.45) is -1.09. The highest BCUT2D eigenvalue weighted by atomic mass is 16.6. The maximum Gasteiger partial charge on any atom is 0.356 e. The van der Waals surface area contributed by atoms with Crippen molar-refractivity contribution in [3.63, 3.8) is 0 Å². The number of carbonyl (C=O) groups is 1. The van der Waals surface area contributed by atoms with Crippen molar-refractivity contribution < 1.29 is 24.7 Å². The zero-order chi connectivity index (χ0) is 14.4. The molecule has 1 rings (SSSR count). The molecule has 0 spiro atoms. The summed E-state index contributed by atoms with van der Waals surface area (Å²) in [5, 5.41) is 31.1. The zero-order valence-electron chi connectivity index (χ0n) is 10.1. The average molecular weight is 271 g/mol. The van der Waals surface area contributed by atoms with Crippen LogP contribution < -0.4 is 5.32 Å². The van der Waals surface area contributed by atoms with Crippen LogP contribution in [-0.4, -0.2) is 52.5 Å². The van der Waals surface area contributed by atoms with E-state index >= 15 is 0 Å². The van der Waals surface area contributed by atoms with Gasteiger partial charge in [0.1, 0.15) is 0 Å². The van der Waals surface area contributed by atoms with Gasteiger partial charge in [-0.3, -0.25) is 10.1 Å². The standard InChI is InChI=1S/C10H13N3O6/c1-19-10(16)7-2-3-8(13(17)18)9(12-7)11-4-6(15)5-14/h2-3,6,14-15H,4-5H2,1H3,(H,11,12). The van der Waals surface area contributed by atoms with Gasteiger partial charge in [0.15, 0.2) is 5.69 Å². The number of aliphatic hydroxyl groups excluding tert-OH is 2. The second kappa shape index (κ2) is 6.61. The fourth-order valence-corrected chi connectivity index (χ4v) is 1.23. The Bertz CT molecular complexity index is 478. The fraction of sp³-hybridized carbons (Fsp3) is 0.400. The number of aromatic nitrogens is 1. The first-order valence-electron chi connectivity index (χ1n) is 5.26. The molecule has 0 aliphatic heterocycles.